The van der Waals surface area contributed by atoms with Crippen LogP contribution in [0.25, 0.3) is 0 Å². The first-order valence-corrected chi connectivity index (χ1v) is 12.7. The van der Waals surface area contributed by atoms with E-state index in [-0.39, 0.29) is 11.7 Å². The van der Waals surface area contributed by atoms with E-state index in [1.54, 1.807) is 36.4 Å². The zero-order valence-electron chi connectivity index (χ0n) is 20.6. The highest BCUT2D eigenvalue weighted by Gasteiger charge is 2.24. The molecule has 1 saturated carbocycles. The van der Waals surface area contributed by atoms with E-state index >= 15 is 0 Å². The van der Waals surface area contributed by atoms with Crippen LogP contribution in [0, 0.1) is 12.7 Å². The van der Waals surface area contributed by atoms with Crippen LogP contribution in [-0.4, -0.2) is 53.0 Å². The number of amides is 1. The minimum absolute atomic E-state index is 0.0299. The van der Waals surface area contributed by atoms with E-state index in [9.17, 15) is 9.18 Å². The lowest BCUT2D eigenvalue weighted by atomic mass is 9.96. The van der Waals surface area contributed by atoms with E-state index in [1.807, 2.05) is 17.9 Å². The molecule has 2 aliphatic rings. The Kier molecular flexibility index (Phi) is 7.30. The second-order valence-corrected chi connectivity index (χ2v) is 9.53. The van der Waals surface area contributed by atoms with Gasteiger partial charge >= 0.3 is 0 Å². The number of hydrogen-bond donors (Lipinski definition) is 1. The van der Waals surface area contributed by atoms with Gasteiger partial charge in [-0.05, 0) is 62.2 Å². The molecule has 188 valence electrons. The van der Waals surface area contributed by atoms with E-state index in [0.717, 1.165) is 11.5 Å². The average molecular weight is 490 g/mol. The SMILES string of the molecule is Cc1cc(N2CCN(C(=O)c3cccc(Oc4ccc(F)cc4)c3)CC2)nc(NC2CCCCC2)n1. The summed E-state index contributed by atoms with van der Waals surface area (Å²) in [5, 5.41) is 3.53. The number of rotatable bonds is 6. The van der Waals surface area contributed by atoms with Crippen LogP contribution >= 0.6 is 0 Å². The number of carbonyl (C=O) groups is 1. The molecular weight excluding hydrogens is 457 g/mol. The monoisotopic (exact) mass is 489 g/mol. The van der Waals surface area contributed by atoms with Crippen molar-refractivity contribution in [2.24, 2.45) is 0 Å². The molecule has 1 amide bonds. The van der Waals surface area contributed by atoms with Crippen LogP contribution in [0.2, 0.25) is 0 Å². The molecule has 0 spiro atoms. The molecule has 1 aliphatic carbocycles. The lowest BCUT2D eigenvalue weighted by Gasteiger charge is -2.35. The van der Waals surface area contributed by atoms with Crippen molar-refractivity contribution in [1.29, 1.82) is 0 Å². The predicted octanol–water partition coefficient (Wildman–Crippen LogP) is 5.42. The summed E-state index contributed by atoms with van der Waals surface area (Å²) < 4.78 is 19.0. The molecule has 1 aliphatic heterocycles. The van der Waals surface area contributed by atoms with Crippen molar-refractivity contribution < 1.29 is 13.9 Å². The van der Waals surface area contributed by atoms with Crippen LogP contribution in [0.4, 0.5) is 16.2 Å². The smallest absolute Gasteiger partial charge is 0.254 e. The first-order chi connectivity index (χ1) is 17.5. The zero-order chi connectivity index (χ0) is 24.9. The van der Waals surface area contributed by atoms with E-state index < -0.39 is 0 Å². The van der Waals surface area contributed by atoms with Crippen molar-refractivity contribution >= 4 is 17.7 Å². The molecule has 2 fully saturated rings. The first-order valence-electron chi connectivity index (χ1n) is 12.7. The highest BCUT2D eigenvalue weighted by Crippen LogP contribution is 2.25. The van der Waals surface area contributed by atoms with Crippen LogP contribution < -0.4 is 15.0 Å². The Labute approximate surface area is 211 Å². The molecule has 0 radical (unpaired) electrons. The van der Waals surface area contributed by atoms with Crippen LogP contribution in [-0.2, 0) is 0 Å². The van der Waals surface area contributed by atoms with Crippen LogP contribution in [0.1, 0.15) is 48.2 Å². The zero-order valence-corrected chi connectivity index (χ0v) is 20.6. The fourth-order valence-corrected chi connectivity index (χ4v) is 4.86. The maximum Gasteiger partial charge on any atom is 0.254 e. The fraction of sp³-hybridized carbons (Fsp3) is 0.393. The van der Waals surface area contributed by atoms with Crippen molar-refractivity contribution in [3.8, 4) is 11.5 Å². The molecule has 1 aromatic heterocycles. The Balaban J connectivity index is 1.20. The standard InChI is InChI=1S/C28H32FN5O2/c1-20-18-26(32-28(30-20)31-23-7-3-2-4-8-23)33-14-16-34(17-15-33)27(35)21-6-5-9-25(19-21)36-24-12-10-22(29)11-13-24/h5-6,9-13,18-19,23H,2-4,7-8,14-17H2,1H3,(H,30,31,32). The normalized spacial score (nSPS) is 16.6. The lowest BCUT2D eigenvalue weighted by molar-refractivity contribution is 0.0746. The quantitative estimate of drug-likeness (QED) is 0.498. The van der Waals surface area contributed by atoms with Gasteiger partial charge in [0.05, 0.1) is 0 Å². The highest BCUT2D eigenvalue weighted by molar-refractivity contribution is 5.94. The average Bonchev–Trinajstić information content (AvgIpc) is 2.90. The molecule has 5 rings (SSSR count). The summed E-state index contributed by atoms with van der Waals surface area (Å²) in [6.07, 6.45) is 6.17. The largest absolute Gasteiger partial charge is 0.457 e. The maximum absolute atomic E-state index is 13.2. The number of ether oxygens (including phenoxy) is 1. The van der Waals surface area contributed by atoms with Gasteiger partial charge < -0.3 is 19.9 Å². The van der Waals surface area contributed by atoms with Gasteiger partial charge in [0.15, 0.2) is 0 Å². The number of hydrogen-bond acceptors (Lipinski definition) is 6. The number of aromatic nitrogens is 2. The summed E-state index contributed by atoms with van der Waals surface area (Å²) in [4.78, 5) is 26.7. The second kappa shape index (κ2) is 10.9. The molecule has 1 N–H and O–H groups in total. The number of nitrogens with zero attached hydrogens (tertiary/aromatic N) is 4. The number of nitrogens with one attached hydrogen (secondary N) is 1. The van der Waals surface area contributed by atoms with Gasteiger partial charge in [0.1, 0.15) is 23.1 Å². The third kappa shape index (κ3) is 5.93. The summed E-state index contributed by atoms with van der Waals surface area (Å²) in [5.74, 6) is 2.32. The van der Waals surface area contributed by atoms with Gasteiger partial charge in [-0.1, -0.05) is 25.3 Å². The molecule has 1 saturated heterocycles. The minimum atomic E-state index is -0.320. The van der Waals surface area contributed by atoms with Gasteiger partial charge in [0, 0.05) is 49.5 Å². The fourth-order valence-electron chi connectivity index (χ4n) is 4.86. The summed E-state index contributed by atoms with van der Waals surface area (Å²) in [7, 11) is 0. The van der Waals surface area contributed by atoms with Gasteiger partial charge in [0.25, 0.3) is 5.91 Å². The van der Waals surface area contributed by atoms with Gasteiger partial charge in [-0.15, -0.1) is 0 Å². The van der Waals surface area contributed by atoms with Gasteiger partial charge in [-0.25, -0.2) is 9.37 Å². The van der Waals surface area contributed by atoms with Crippen LogP contribution in [0.3, 0.4) is 0 Å². The van der Waals surface area contributed by atoms with Crippen LogP contribution in [0.15, 0.2) is 54.6 Å². The summed E-state index contributed by atoms with van der Waals surface area (Å²) in [6.45, 7) is 4.62. The maximum atomic E-state index is 13.2. The molecule has 7 nitrogen and oxygen atoms in total. The number of carbonyl (C=O) groups excluding carboxylic acids is 1. The molecule has 2 aromatic carbocycles. The summed E-state index contributed by atoms with van der Waals surface area (Å²) in [5.41, 5.74) is 1.51. The number of anilines is 2. The van der Waals surface area contributed by atoms with Gasteiger partial charge in [-0.3, -0.25) is 4.79 Å². The van der Waals surface area contributed by atoms with E-state index in [2.05, 4.69) is 15.2 Å². The van der Waals surface area contributed by atoms with E-state index in [0.29, 0.717) is 55.2 Å². The lowest BCUT2D eigenvalue weighted by Crippen LogP contribution is -2.49. The topological polar surface area (TPSA) is 70.6 Å². The predicted molar refractivity (Wildman–Crippen MR) is 138 cm³/mol. The summed E-state index contributed by atoms with van der Waals surface area (Å²) in [6, 6.07) is 15.4. The van der Waals surface area contributed by atoms with Gasteiger partial charge in [0.2, 0.25) is 5.95 Å². The van der Waals surface area contributed by atoms with Crippen LogP contribution in [0.5, 0.6) is 11.5 Å². The molecule has 0 bridgehead atoms. The summed E-state index contributed by atoms with van der Waals surface area (Å²) >= 11 is 0. The second-order valence-electron chi connectivity index (χ2n) is 9.53. The molecule has 0 unspecified atom stereocenters. The van der Waals surface area contributed by atoms with E-state index in [1.165, 1.54) is 44.2 Å². The molecule has 36 heavy (non-hydrogen) atoms. The van der Waals surface area contributed by atoms with Crippen molar-refractivity contribution in [2.45, 2.75) is 45.1 Å². The Morgan fingerprint density at radius 2 is 1.69 bits per heavy atom. The minimum Gasteiger partial charge on any atom is -0.457 e. The number of halogens is 1. The molecule has 0 atom stereocenters. The Hall–Kier alpha value is -3.68. The Morgan fingerprint density at radius 1 is 0.944 bits per heavy atom. The van der Waals surface area contributed by atoms with Crippen molar-refractivity contribution in [3.63, 3.8) is 0 Å². The van der Waals surface area contributed by atoms with E-state index in [4.69, 9.17) is 9.72 Å². The number of aryl methyl sites for hydroxylation is 1. The Morgan fingerprint density at radius 3 is 2.44 bits per heavy atom. The molecule has 2 heterocycles. The molecular formula is C28H32FN5O2. The number of benzene rings is 2. The van der Waals surface area contributed by atoms with Crippen molar-refractivity contribution in [2.75, 3.05) is 36.4 Å². The molecule has 3 aromatic rings. The third-order valence-electron chi connectivity index (χ3n) is 6.80. The number of piperazine rings is 1. The molecule has 8 heteroatoms. The Bertz CT molecular complexity index is 1190. The van der Waals surface area contributed by atoms with Gasteiger partial charge in [-0.2, -0.15) is 4.98 Å². The highest BCUT2D eigenvalue weighted by atomic mass is 19.1. The first kappa shape index (κ1) is 24.0. The third-order valence-corrected chi connectivity index (χ3v) is 6.80. The van der Waals surface area contributed by atoms with Crippen molar-refractivity contribution in [1.82, 2.24) is 14.9 Å². The van der Waals surface area contributed by atoms with Crippen molar-refractivity contribution in [3.05, 3.63) is 71.7 Å².